The highest BCUT2D eigenvalue weighted by Gasteiger charge is 2.46. The molecule has 0 unspecified atom stereocenters. The van der Waals surface area contributed by atoms with Gasteiger partial charge in [-0.3, -0.25) is 0 Å². The molecule has 3 nitrogen and oxygen atoms in total. The van der Waals surface area contributed by atoms with Gasteiger partial charge in [-0.2, -0.15) is 0 Å². The van der Waals surface area contributed by atoms with Crippen LogP contribution in [0.1, 0.15) is 22.3 Å². The summed E-state index contributed by atoms with van der Waals surface area (Å²) < 4.78 is 2.52. The molecule has 0 saturated heterocycles. The maximum absolute atomic E-state index is 2.48. The molecule has 14 rings (SSSR count). The number of para-hydroxylation sites is 2. The zero-order valence-corrected chi connectivity index (χ0v) is 39.5. The second kappa shape index (κ2) is 16.6. The molecule has 0 amide bonds. The van der Waals surface area contributed by atoms with Crippen molar-refractivity contribution in [2.75, 3.05) is 14.7 Å². The lowest BCUT2D eigenvalue weighted by molar-refractivity contribution is 0.768. The summed E-state index contributed by atoms with van der Waals surface area (Å²) in [6.07, 6.45) is 0. The summed E-state index contributed by atoms with van der Waals surface area (Å²) in [6.45, 7) is 0. The largest absolute Gasteiger partial charge is 0.310 e. The number of hydrogen-bond donors (Lipinski definition) is 0. The minimum atomic E-state index is -0.568. The highest BCUT2D eigenvalue weighted by atomic mass is 32.1. The summed E-state index contributed by atoms with van der Waals surface area (Å²) in [4.78, 5) is 7.42. The van der Waals surface area contributed by atoms with Crippen molar-refractivity contribution in [2.24, 2.45) is 0 Å². The molecule has 71 heavy (non-hydrogen) atoms. The van der Waals surface area contributed by atoms with E-state index in [4.69, 9.17) is 0 Å². The first-order valence-corrected chi connectivity index (χ1v) is 25.1. The molecule has 0 radical (unpaired) electrons. The Morgan fingerprint density at radius 3 is 1.34 bits per heavy atom. The molecule has 1 aliphatic heterocycles. The maximum atomic E-state index is 2.48. The Labute approximate surface area is 418 Å². The minimum Gasteiger partial charge on any atom is -0.310 e. The van der Waals surface area contributed by atoms with E-state index >= 15 is 0 Å². The van der Waals surface area contributed by atoms with E-state index in [2.05, 4.69) is 288 Å². The number of nitrogens with zero attached hydrogens (tertiary/aromatic N) is 3. The predicted molar refractivity (Wildman–Crippen MR) is 300 cm³/mol. The molecule has 0 saturated carbocycles. The van der Waals surface area contributed by atoms with Crippen molar-refractivity contribution in [3.63, 3.8) is 0 Å². The molecule has 12 aromatic rings. The SMILES string of the molecule is c1ccc(-c2ccc(N(c3cc4cc(c3)N(c3ccccc3)c3cccc5sc6cccc(c6c35)N4c3ccccc3)c3ccc4c(c3)C(c3ccccc3)(c3ccccc3)c3ccccc3-4)cc2)cc1. The fraction of sp³-hybridized carbons (Fsp3) is 0.0149. The summed E-state index contributed by atoms with van der Waals surface area (Å²) in [7, 11) is 0. The van der Waals surface area contributed by atoms with Gasteiger partial charge in [0.1, 0.15) is 0 Å². The molecule has 1 aliphatic carbocycles. The molecule has 0 N–H and O–H groups in total. The first-order chi connectivity index (χ1) is 35.2. The lowest BCUT2D eigenvalue weighted by Crippen LogP contribution is -2.28. The highest BCUT2D eigenvalue weighted by molar-refractivity contribution is 7.26. The Morgan fingerprint density at radius 2 is 0.775 bits per heavy atom. The average Bonchev–Trinajstić information content (AvgIpc) is 3.99. The van der Waals surface area contributed by atoms with E-state index in [-0.39, 0.29) is 0 Å². The van der Waals surface area contributed by atoms with Gasteiger partial charge in [-0.15, -0.1) is 11.3 Å². The minimum absolute atomic E-state index is 0.568. The zero-order chi connectivity index (χ0) is 46.9. The van der Waals surface area contributed by atoms with Crippen LogP contribution >= 0.6 is 11.3 Å². The predicted octanol–water partition coefficient (Wildman–Crippen LogP) is 18.8. The fourth-order valence-electron chi connectivity index (χ4n) is 11.6. The zero-order valence-electron chi connectivity index (χ0n) is 38.7. The summed E-state index contributed by atoms with van der Waals surface area (Å²) in [5, 5.41) is 2.50. The van der Waals surface area contributed by atoms with E-state index in [0.717, 1.165) is 51.2 Å². The standard InChI is InChI=1S/C67H45N3S/c1-6-20-46(21-7-1)47-36-38-52(39-37-47)68(53-40-41-58-57-30-16-17-31-59(57)67(60(58)45-53,48-22-8-2-9-23-48)49-24-10-3-11-25-49)54-42-55-44-56(43-54)70(51-28-14-5-15-29-51)62-33-19-35-64-66(62)65-61(32-18-34-63(65)71-64)69(55)50-26-12-4-13-27-50/h1-45H. The van der Waals surface area contributed by atoms with Crippen LogP contribution in [0.5, 0.6) is 0 Å². The van der Waals surface area contributed by atoms with Crippen LogP contribution in [0, 0.1) is 0 Å². The van der Waals surface area contributed by atoms with Crippen molar-refractivity contribution >= 4 is 82.7 Å². The molecule has 0 fully saturated rings. The van der Waals surface area contributed by atoms with E-state index in [1.165, 1.54) is 64.7 Å². The monoisotopic (exact) mass is 923 g/mol. The summed E-state index contributed by atoms with van der Waals surface area (Å²) in [5.74, 6) is 0. The van der Waals surface area contributed by atoms with Crippen LogP contribution in [-0.2, 0) is 5.41 Å². The van der Waals surface area contributed by atoms with E-state index < -0.39 is 5.41 Å². The molecule has 0 spiro atoms. The number of hydrogen-bond acceptors (Lipinski definition) is 4. The summed E-state index contributed by atoms with van der Waals surface area (Å²) in [6, 6.07) is 101. The Balaban J connectivity index is 1.07. The van der Waals surface area contributed by atoms with Gasteiger partial charge in [0.15, 0.2) is 0 Å². The molecule has 2 aliphatic rings. The van der Waals surface area contributed by atoms with Crippen molar-refractivity contribution in [3.05, 3.63) is 295 Å². The van der Waals surface area contributed by atoms with Gasteiger partial charge in [0, 0.05) is 42.9 Å². The van der Waals surface area contributed by atoms with Crippen molar-refractivity contribution in [3.8, 4) is 22.3 Å². The van der Waals surface area contributed by atoms with Crippen molar-refractivity contribution in [1.82, 2.24) is 0 Å². The molecule has 1 aromatic heterocycles. The van der Waals surface area contributed by atoms with Crippen LogP contribution in [0.25, 0.3) is 42.4 Å². The van der Waals surface area contributed by atoms with E-state index in [1.807, 2.05) is 11.3 Å². The van der Waals surface area contributed by atoms with Crippen LogP contribution in [0.15, 0.2) is 273 Å². The molecule has 2 heterocycles. The maximum Gasteiger partial charge on any atom is 0.0714 e. The Morgan fingerprint density at radius 1 is 0.310 bits per heavy atom. The lowest BCUT2D eigenvalue weighted by Gasteiger charge is -2.35. The summed E-state index contributed by atoms with van der Waals surface area (Å²) >= 11 is 1.86. The number of benzene rings is 11. The quantitative estimate of drug-likeness (QED) is 0.150. The van der Waals surface area contributed by atoms with E-state index in [0.29, 0.717) is 0 Å². The third-order valence-electron chi connectivity index (χ3n) is 14.6. The topological polar surface area (TPSA) is 9.72 Å². The third kappa shape index (κ3) is 6.49. The van der Waals surface area contributed by atoms with Gasteiger partial charge in [0.2, 0.25) is 0 Å². The summed E-state index contributed by atoms with van der Waals surface area (Å²) in [5.41, 5.74) is 19.1. The fourth-order valence-corrected chi connectivity index (χ4v) is 12.8. The Bertz CT molecular complexity index is 3770. The van der Waals surface area contributed by atoms with Gasteiger partial charge in [-0.05, 0) is 136 Å². The Hall–Kier alpha value is -8.96. The van der Waals surface area contributed by atoms with Crippen molar-refractivity contribution in [1.29, 1.82) is 0 Å². The molecule has 334 valence electrons. The van der Waals surface area contributed by atoms with Crippen LogP contribution in [0.2, 0.25) is 0 Å². The van der Waals surface area contributed by atoms with E-state index in [9.17, 15) is 0 Å². The van der Waals surface area contributed by atoms with Gasteiger partial charge in [-0.1, -0.05) is 182 Å². The first kappa shape index (κ1) is 41.1. The van der Waals surface area contributed by atoms with Gasteiger partial charge in [0.25, 0.3) is 0 Å². The van der Waals surface area contributed by atoms with Crippen LogP contribution in [0.4, 0.5) is 51.2 Å². The second-order valence-electron chi connectivity index (χ2n) is 18.5. The van der Waals surface area contributed by atoms with E-state index in [1.54, 1.807) is 0 Å². The third-order valence-corrected chi connectivity index (χ3v) is 15.7. The molecule has 11 aromatic carbocycles. The molecular weight excluding hydrogens is 879 g/mol. The number of anilines is 9. The van der Waals surface area contributed by atoms with Crippen LogP contribution in [-0.4, -0.2) is 0 Å². The molecular formula is C67H45N3S. The first-order valence-electron chi connectivity index (χ1n) is 24.3. The number of thiophene rings is 1. The van der Waals surface area contributed by atoms with Gasteiger partial charge in [0.05, 0.1) is 33.9 Å². The van der Waals surface area contributed by atoms with Gasteiger partial charge < -0.3 is 14.7 Å². The van der Waals surface area contributed by atoms with Crippen LogP contribution < -0.4 is 14.7 Å². The number of rotatable bonds is 8. The Kier molecular flexibility index (Phi) is 9.61. The highest BCUT2D eigenvalue weighted by Crippen LogP contribution is 2.58. The van der Waals surface area contributed by atoms with Gasteiger partial charge in [-0.25, -0.2) is 0 Å². The van der Waals surface area contributed by atoms with Gasteiger partial charge >= 0.3 is 0 Å². The second-order valence-corrected chi connectivity index (χ2v) is 19.5. The molecule has 4 heteroatoms. The van der Waals surface area contributed by atoms with Crippen molar-refractivity contribution in [2.45, 2.75) is 5.41 Å². The van der Waals surface area contributed by atoms with Crippen LogP contribution in [0.3, 0.4) is 0 Å². The molecule has 0 atom stereocenters. The average molecular weight is 924 g/mol. The lowest BCUT2D eigenvalue weighted by atomic mass is 9.67. The smallest absolute Gasteiger partial charge is 0.0714 e. The molecule has 2 bridgehead atoms. The normalized spacial score (nSPS) is 13.1. The number of fused-ring (bicyclic) bond motifs is 5. The van der Waals surface area contributed by atoms with Crippen molar-refractivity contribution < 1.29 is 0 Å².